The second-order valence-corrected chi connectivity index (χ2v) is 10.8. The summed E-state index contributed by atoms with van der Waals surface area (Å²) in [4.78, 5) is 28.6. The maximum absolute atomic E-state index is 12.8. The molecule has 1 fully saturated rings. The van der Waals surface area contributed by atoms with Crippen LogP contribution >= 0.6 is 23.6 Å². The molecule has 2 aromatic rings. The van der Waals surface area contributed by atoms with E-state index in [0.717, 1.165) is 61.6 Å². The lowest BCUT2D eigenvalue weighted by molar-refractivity contribution is 0.0526. The topological polar surface area (TPSA) is 63.6 Å². The summed E-state index contributed by atoms with van der Waals surface area (Å²) in [6.45, 7) is 6.80. The number of carbonyl (C=O) groups is 1. The maximum Gasteiger partial charge on any atom is 0.341 e. The lowest BCUT2D eigenvalue weighted by atomic mass is 9.83. The number of esters is 1. The Morgan fingerprint density at radius 2 is 2.16 bits per heavy atom. The molecule has 0 spiro atoms. The lowest BCUT2D eigenvalue weighted by Gasteiger charge is -2.43. The van der Waals surface area contributed by atoms with Crippen molar-refractivity contribution in [2.24, 2.45) is 11.8 Å². The molecule has 170 valence electrons. The van der Waals surface area contributed by atoms with Crippen molar-refractivity contribution in [1.82, 2.24) is 9.47 Å². The highest BCUT2D eigenvalue weighted by atomic mass is 32.1. The van der Waals surface area contributed by atoms with Crippen molar-refractivity contribution in [2.45, 2.75) is 52.0 Å². The van der Waals surface area contributed by atoms with Crippen LogP contribution in [0.4, 0.5) is 5.00 Å². The van der Waals surface area contributed by atoms with E-state index in [1.54, 1.807) is 17.4 Å². The molecule has 1 saturated heterocycles. The van der Waals surface area contributed by atoms with Gasteiger partial charge < -0.3 is 19.5 Å². The predicted molar refractivity (Wildman–Crippen MR) is 131 cm³/mol. The van der Waals surface area contributed by atoms with Crippen LogP contribution in [0.15, 0.2) is 23.0 Å². The predicted octanol–water partition coefficient (Wildman–Crippen LogP) is 4.03. The number of carbonyl (C=O) groups excluding carboxylic acids is 1. The fourth-order valence-electron chi connectivity index (χ4n) is 5.50. The van der Waals surface area contributed by atoms with Crippen LogP contribution in [0, 0.1) is 11.8 Å². The Hall–Kier alpha value is -2.19. The van der Waals surface area contributed by atoms with Crippen molar-refractivity contribution in [3.05, 3.63) is 50.3 Å². The van der Waals surface area contributed by atoms with Gasteiger partial charge in [0.15, 0.2) is 5.11 Å². The van der Waals surface area contributed by atoms with Gasteiger partial charge in [0.05, 0.1) is 12.2 Å². The van der Waals surface area contributed by atoms with Gasteiger partial charge in [0.2, 0.25) is 0 Å². The van der Waals surface area contributed by atoms with E-state index in [9.17, 15) is 9.59 Å². The van der Waals surface area contributed by atoms with Crippen molar-refractivity contribution in [1.29, 1.82) is 0 Å². The van der Waals surface area contributed by atoms with Gasteiger partial charge in [-0.1, -0.05) is 13.0 Å². The summed E-state index contributed by atoms with van der Waals surface area (Å²) in [6.07, 6.45) is 4.09. The van der Waals surface area contributed by atoms with Gasteiger partial charge >= 0.3 is 5.97 Å². The molecule has 3 aliphatic rings. The number of fused-ring (bicyclic) bond motifs is 5. The molecule has 3 atom stereocenters. The molecule has 1 N–H and O–H groups in total. The Morgan fingerprint density at radius 3 is 2.97 bits per heavy atom. The third kappa shape index (κ3) is 3.88. The Bertz CT molecular complexity index is 1120. The monoisotopic (exact) mass is 471 g/mol. The summed E-state index contributed by atoms with van der Waals surface area (Å²) in [6, 6.07) is 5.56. The molecule has 5 rings (SSSR count). The molecule has 0 saturated carbocycles. The molecule has 2 bridgehead atoms. The SMILES string of the molecule is CCOC(=O)c1c(NC(=S)N2C[C@H]3C[C@H](C2)c2cccc(=O)n2C3)sc2c1CC[C@@H](C)C2. The number of pyridine rings is 1. The molecule has 2 aromatic heterocycles. The van der Waals surface area contributed by atoms with Crippen molar-refractivity contribution in [3.8, 4) is 0 Å². The van der Waals surface area contributed by atoms with Gasteiger partial charge in [-0.3, -0.25) is 4.79 Å². The van der Waals surface area contributed by atoms with Crippen LogP contribution in [0.1, 0.15) is 59.1 Å². The number of likely N-dealkylation sites (tertiary alicyclic amines) is 1. The van der Waals surface area contributed by atoms with E-state index >= 15 is 0 Å². The lowest BCUT2D eigenvalue weighted by Crippen LogP contribution is -2.50. The van der Waals surface area contributed by atoms with Crippen molar-refractivity contribution in [2.75, 3.05) is 25.0 Å². The van der Waals surface area contributed by atoms with E-state index in [0.29, 0.717) is 29.1 Å². The van der Waals surface area contributed by atoms with E-state index in [1.807, 2.05) is 17.6 Å². The first-order valence-electron chi connectivity index (χ1n) is 11.5. The van der Waals surface area contributed by atoms with E-state index < -0.39 is 0 Å². The molecule has 8 heteroatoms. The van der Waals surface area contributed by atoms with Gasteiger partial charge in [-0.15, -0.1) is 11.3 Å². The summed E-state index contributed by atoms with van der Waals surface area (Å²) >= 11 is 7.49. The molecule has 0 unspecified atom stereocenters. The number of hydrogen-bond acceptors (Lipinski definition) is 5. The minimum atomic E-state index is -0.256. The summed E-state index contributed by atoms with van der Waals surface area (Å²) in [5.41, 5.74) is 3.01. The van der Waals surface area contributed by atoms with Crippen molar-refractivity contribution in [3.63, 3.8) is 0 Å². The van der Waals surface area contributed by atoms with Gasteiger partial charge in [-0.05, 0) is 68.3 Å². The number of ether oxygens (including phenoxy) is 1. The third-order valence-corrected chi connectivity index (χ3v) is 8.51. The molecule has 32 heavy (non-hydrogen) atoms. The second kappa shape index (κ2) is 8.63. The Balaban J connectivity index is 1.39. The molecule has 4 heterocycles. The third-order valence-electron chi connectivity index (χ3n) is 6.98. The number of hydrogen-bond donors (Lipinski definition) is 1. The van der Waals surface area contributed by atoms with Crippen LogP contribution in [-0.2, 0) is 24.1 Å². The molecule has 2 aliphatic heterocycles. The van der Waals surface area contributed by atoms with Crippen LogP contribution in [-0.4, -0.2) is 40.2 Å². The molecule has 0 radical (unpaired) electrons. The molecular formula is C24H29N3O3S2. The van der Waals surface area contributed by atoms with E-state index in [1.165, 1.54) is 4.88 Å². The molecular weight excluding hydrogens is 442 g/mol. The summed E-state index contributed by atoms with van der Waals surface area (Å²) in [7, 11) is 0. The quantitative estimate of drug-likeness (QED) is 0.539. The first-order chi connectivity index (χ1) is 15.4. The van der Waals surface area contributed by atoms with E-state index in [-0.39, 0.29) is 17.4 Å². The first-order valence-corrected chi connectivity index (χ1v) is 12.7. The molecule has 6 nitrogen and oxygen atoms in total. The van der Waals surface area contributed by atoms with Gasteiger partial charge in [-0.2, -0.15) is 0 Å². The van der Waals surface area contributed by atoms with Crippen molar-refractivity contribution < 1.29 is 9.53 Å². The zero-order valence-corrected chi connectivity index (χ0v) is 20.2. The molecule has 0 amide bonds. The van der Waals surface area contributed by atoms with Crippen LogP contribution < -0.4 is 10.9 Å². The number of nitrogens with one attached hydrogen (secondary N) is 1. The summed E-state index contributed by atoms with van der Waals surface area (Å²) in [5, 5.41) is 4.90. The summed E-state index contributed by atoms with van der Waals surface area (Å²) in [5.74, 6) is 1.05. The van der Waals surface area contributed by atoms with E-state index in [2.05, 4.69) is 23.2 Å². The largest absolute Gasteiger partial charge is 0.462 e. The number of anilines is 1. The second-order valence-electron chi connectivity index (χ2n) is 9.31. The zero-order valence-electron chi connectivity index (χ0n) is 18.6. The van der Waals surface area contributed by atoms with Crippen molar-refractivity contribution >= 4 is 39.6 Å². The Morgan fingerprint density at radius 1 is 1.31 bits per heavy atom. The average Bonchev–Trinajstić information content (AvgIpc) is 3.11. The number of thiophene rings is 1. The minimum Gasteiger partial charge on any atom is -0.462 e. The highest BCUT2D eigenvalue weighted by molar-refractivity contribution is 7.80. The number of aromatic nitrogens is 1. The number of thiocarbonyl (C=S) groups is 1. The minimum absolute atomic E-state index is 0.0869. The van der Waals surface area contributed by atoms with E-state index in [4.69, 9.17) is 17.0 Å². The first kappa shape index (κ1) is 21.6. The smallest absolute Gasteiger partial charge is 0.341 e. The van der Waals surface area contributed by atoms with Gasteiger partial charge in [0, 0.05) is 42.2 Å². The zero-order chi connectivity index (χ0) is 22.4. The van der Waals surface area contributed by atoms with Gasteiger partial charge in [-0.25, -0.2) is 4.79 Å². The van der Waals surface area contributed by atoms with Crippen LogP contribution in [0.3, 0.4) is 0 Å². The number of rotatable bonds is 3. The maximum atomic E-state index is 12.8. The Kier molecular flexibility index (Phi) is 5.84. The highest BCUT2D eigenvalue weighted by Crippen LogP contribution is 2.41. The fraction of sp³-hybridized carbons (Fsp3) is 0.542. The number of nitrogens with zero attached hydrogens (tertiary/aromatic N) is 2. The average molecular weight is 472 g/mol. The Labute approximate surface area is 197 Å². The fourth-order valence-corrected chi connectivity index (χ4v) is 7.21. The molecule has 0 aromatic carbocycles. The van der Waals surface area contributed by atoms with Crippen LogP contribution in [0.2, 0.25) is 0 Å². The van der Waals surface area contributed by atoms with Crippen LogP contribution in [0.25, 0.3) is 0 Å². The van der Waals surface area contributed by atoms with Gasteiger partial charge in [0.25, 0.3) is 5.56 Å². The number of piperidine rings is 1. The standard InChI is InChI=1S/C24H29N3O3S2/c1-3-30-23(29)21-17-8-7-14(2)9-19(17)32-22(21)25-24(31)26-11-15-10-16(13-26)18-5-4-6-20(28)27(18)12-15/h4-6,14-16H,3,7-13H2,1-2H3,(H,25,31)/t14-,15-,16-/m1/s1. The van der Waals surface area contributed by atoms with Crippen LogP contribution in [0.5, 0.6) is 0 Å². The summed E-state index contributed by atoms with van der Waals surface area (Å²) < 4.78 is 7.33. The normalized spacial score (nSPS) is 23.8. The highest BCUT2D eigenvalue weighted by Gasteiger charge is 2.36. The molecule has 1 aliphatic carbocycles. The van der Waals surface area contributed by atoms with Gasteiger partial charge in [0.1, 0.15) is 5.00 Å².